The Morgan fingerprint density at radius 2 is 2.09 bits per heavy atom. The maximum Gasteiger partial charge on any atom is 0.119 e. The Kier molecular flexibility index (Phi) is 2.16. The molecule has 0 bridgehead atoms. The minimum absolute atomic E-state index is 0.251. The summed E-state index contributed by atoms with van der Waals surface area (Å²) in [5.41, 5.74) is 1.62. The van der Waals surface area contributed by atoms with Crippen LogP contribution in [-0.2, 0) is 0 Å². The molecule has 58 valence electrons. The molecule has 0 amide bonds. The van der Waals surface area contributed by atoms with E-state index in [2.05, 4.69) is 0 Å². The highest BCUT2D eigenvalue weighted by Crippen LogP contribution is 2.17. The number of hydrogen-bond donors (Lipinski definition) is 2. The Morgan fingerprint density at radius 1 is 1.36 bits per heavy atom. The molecule has 1 aromatic carbocycles. The summed E-state index contributed by atoms with van der Waals surface area (Å²) in [6.45, 7) is 1.82. The minimum Gasteiger partial charge on any atom is -0.516 e. The molecule has 11 heavy (non-hydrogen) atoms. The predicted molar refractivity (Wildman–Crippen MR) is 44.5 cm³/mol. The van der Waals surface area contributed by atoms with Gasteiger partial charge in [-0.15, -0.1) is 0 Å². The molecule has 1 aromatic rings. The number of rotatable bonds is 1. The molecule has 0 spiro atoms. The van der Waals surface area contributed by atoms with E-state index < -0.39 is 0 Å². The van der Waals surface area contributed by atoms with Gasteiger partial charge < -0.3 is 10.2 Å². The second-order valence-electron chi connectivity index (χ2n) is 2.36. The number of phenols is 1. The van der Waals surface area contributed by atoms with Gasteiger partial charge >= 0.3 is 0 Å². The molecule has 0 aliphatic rings. The molecular weight excluding hydrogens is 140 g/mol. The lowest BCUT2D eigenvalue weighted by Crippen LogP contribution is -1.76. The van der Waals surface area contributed by atoms with E-state index in [0.29, 0.717) is 0 Å². The predicted octanol–water partition coefficient (Wildman–Crippen LogP) is 2.23. The molecular formula is C9H10O2. The Bertz CT molecular complexity index is 277. The summed E-state index contributed by atoms with van der Waals surface area (Å²) in [6, 6.07) is 5.22. The highest BCUT2D eigenvalue weighted by molar-refractivity contribution is 5.52. The number of phenolic OH excluding ortho intramolecular Hbond substituents is 1. The summed E-state index contributed by atoms with van der Waals surface area (Å²) in [7, 11) is 0. The third-order valence-corrected chi connectivity index (χ3v) is 1.50. The zero-order chi connectivity index (χ0) is 8.27. The monoisotopic (exact) mass is 150 g/mol. The van der Waals surface area contributed by atoms with Crippen LogP contribution >= 0.6 is 0 Å². The summed E-state index contributed by atoms with van der Waals surface area (Å²) in [6.07, 6.45) is 2.46. The number of hydrogen-bond acceptors (Lipinski definition) is 2. The van der Waals surface area contributed by atoms with Crippen molar-refractivity contribution in [2.75, 3.05) is 0 Å². The van der Waals surface area contributed by atoms with Crippen LogP contribution in [0.25, 0.3) is 6.08 Å². The second-order valence-corrected chi connectivity index (χ2v) is 2.36. The van der Waals surface area contributed by atoms with Crippen LogP contribution < -0.4 is 0 Å². The molecule has 2 N–H and O–H groups in total. The van der Waals surface area contributed by atoms with Crippen molar-refractivity contribution in [3.05, 3.63) is 35.6 Å². The molecule has 0 aliphatic heterocycles. The quantitative estimate of drug-likeness (QED) is 0.602. The van der Waals surface area contributed by atoms with Gasteiger partial charge in [0.25, 0.3) is 0 Å². The molecule has 0 heterocycles. The highest BCUT2D eigenvalue weighted by Gasteiger charge is 1.94. The zero-order valence-electron chi connectivity index (χ0n) is 6.28. The lowest BCUT2D eigenvalue weighted by Gasteiger charge is -1.98. The summed E-state index contributed by atoms with van der Waals surface area (Å²) < 4.78 is 0. The Morgan fingerprint density at radius 3 is 2.64 bits per heavy atom. The zero-order valence-corrected chi connectivity index (χ0v) is 6.28. The second kappa shape index (κ2) is 3.10. The van der Waals surface area contributed by atoms with Crippen LogP contribution in [0.15, 0.2) is 24.5 Å². The number of aliphatic hydroxyl groups excluding tert-OH is 1. The van der Waals surface area contributed by atoms with Gasteiger partial charge in [0.05, 0.1) is 6.26 Å². The first kappa shape index (κ1) is 7.66. The smallest absolute Gasteiger partial charge is 0.119 e. The van der Waals surface area contributed by atoms with Crippen LogP contribution in [0.5, 0.6) is 5.75 Å². The maximum atomic E-state index is 9.21. The van der Waals surface area contributed by atoms with Crippen LogP contribution in [0.1, 0.15) is 11.1 Å². The molecule has 0 fully saturated rings. The number of aliphatic hydroxyl groups is 1. The van der Waals surface area contributed by atoms with E-state index in [0.717, 1.165) is 17.4 Å². The molecule has 0 aliphatic carbocycles. The Labute approximate surface area is 65.4 Å². The van der Waals surface area contributed by atoms with Gasteiger partial charge in [-0.25, -0.2) is 0 Å². The van der Waals surface area contributed by atoms with E-state index in [1.165, 1.54) is 6.08 Å². The van der Waals surface area contributed by atoms with E-state index in [-0.39, 0.29) is 5.75 Å². The van der Waals surface area contributed by atoms with E-state index in [1.54, 1.807) is 12.1 Å². The van der Waals surface area contributed by atoms with Crippen molar-refractivity contribution >= 4 is 6.08 Å². The van der Waals surface area contributed by atoms with Gasteiger partial charge in [-0.2, -0.15) is 0 Å². The van der Waals surface area contributed by atoms with Gasteiger partial charge in [-0.05, 0) is 30.2 Å². The molecule has 0 radical (unpaired) electrons. The van der Waals surface area contributed by atoms with Crippen molar-refractivity contribution in [2.24, 2.45) is 0 Å². The van der Waals surface area contributed by atoms with Crippen LogP contribution in [0.3, 0.4) is 0 Å². The molecule has 0 saturated carbocycles. The van der Waals surface area contributed by atoms with Gasteiger partial charge in [0.15, 0.2) is 0 Å². The van der Waals surface area contributed by atoms with Crippen molar-refractivity contribution in [2.45, 2.75) is 6.92 Å². The summed E-state index contributed by atoms with van der Waals surface area (Å²) in [4.78, 5) is 0. The first-order valence-corrected chi connectivity index (χ1v) is 3.34. The van der Waals surface area contributed by atoms with Gasteiger partial charge in [-0.1, -0.05) is 12.1 Å². The summed E-state index contributed by atoms with van der Waals surface area (Å²) in [5.74, 6) is 0.251. The van der Waals surface area contributed by atoms with Gasteiger partial charge in [0, 0.05) is 0 Å². The lowest BCUT2D eigenvalue weighted by molar-refractivity contribution is 0.470. The SMILES string of the molecule is Cc1ccc(C=CO)cc1O. The third-order valence-electron chi connectivity index (χ3n) is 1.50. The largest absolute Gasteiger partial charge is 0.516 e. The number of aromatic hydroxyl groups is 1. The van der Waals surface area contributed by atoms with Crippen LogP contribution in [-0.4, -0.2) is 10.2 Å². The van der Waals surface area contributed by atoms with E-state index in [9.17, 15) is 5.11 Å². The average Bonchev–Trinajstić information content (AvgIpc) is 1.98. The van der Waals surface area contributed by atoms with E-state index in [4.69, 9.17) is 5.11 Å². The fraction of sp³-hybridized carbons (Fsp3) is 0.111. The Hall–Kier alpha value is -1.44. The highest BCUT2D eigenvalue weighted by atomic mass is 16.3. The number of aryl methyl sites for hydroxylation is 1. The lowest BCUT2D eigenvalue weighted by atomic mass is 10.1. The van der Waals surface area contributed by atoms with Crippen LogP contribution in [0, 0.1) is 6.92 Å². The first-order chi connectivity index (χ1) is 5.24. The minimum atomic E-state index is 0.251. The molecule has 1 rings (SSSR count). The van der Waals surface area contributed by atoms with E-state index in [1.807, 2.05) is 13.0 Å². The summed E-state index contributed by atoms with van der Waals surface area (Å²) in [5, 5.41) is 17.6. The standard InChI is InChI=1S/C9H10O2/c1-7-2-3-8(4-5-10)6-9(7)11/h2-6,10-11H,1H3. The molecule has 0 aromatic heterocycles. The van der Waals surface area contributed by atoms with Crippen molar-refractivity contribution in [3.63, 3.8) is 0 Å². The average molecular weight is 150 g/mol. The number of benzene rings is 1. The normalized spacial score (nSPS) is 10.6. The molecule has 0 saturated heterocycles. The Balaban J connectivity index is 3.05. The van der Waals surface area contributed by atoms with Gasteiger partial charge in [-0.3, -0.25) is 0 Å². The van der Waals surface area contributed by atoms with Crippen molar-refractivity contribution in [1.82, 2.24) is 0 Å². The first-order valence-electron chi connectivity index (χ1n) is 3.34. The van der Waals surface area contributed by atoms with Gasteiger partial charge in [0.2, 0.25) is 0 Å². The topological polar surface area (TPSA) is 40.5 Å². The third kappa shape index (κ3) is 1.74. The molecule has 0 atom stereocenters. The van der Waals surface area contributed by atoms with Crippen molar-refractivity contribution in [3.8, 4) is 5.75 Å². The van der Waals surface area contributed by atoms with Crippen LogP contribution in [0.2, 0.25) is 0 Å². The van der Waals surface area contributed by atoms with Crippen molar-refractivity contribution in [1.29, 1.82) is 0 Å². The van der Waals surface area contributed by atoms with Crippen LogP contribution in [0.4, 0.5) is 0 Å². The molecule has 0 unspecified atom stereocenters. The van der Waals surface area contributed by atoms with Gasteiger partial charge in [0.1, 0.15) is 5.75 Å². The van der Waals surface area contributed by atoms with Crippen molar-refractivity contribution < 1.29 is 10.2 Å². The molecule has 2 heteroatoms. The molecule has 2 nitrogen and oxygen atoms in total. The fourth-order valence-corrected chi connectivity index (χ4v) is 0.816. The maximum absolute atomic E-state index is 9.21. The fourth-order valence-electron chi connectivity index (χ4n) is 0.816. The summed E-state index contributed by atoms with van der Waals surface area (Å²) >= 11 is 0. The van der Waals surface area contributed by atoms with E-state index >= 15 is 0 Å².